The molecule has 0 N–H and O–H groups in total. The zero-order valence-electron chi connectivity index (χ0n) is 24.2. The van der Waals surface area contributed by atoms with Crippen molar-refractivity contribution in [2.75, 3.05) is 51.7 Å². The summed E-state index contributed by atoms with van der Waals surface area (Å²) in [5, 5.41) is 1.91. The number of benzene rings is 1. The van der Waals surface area contributed by atoms with Crippen LogP contribution in [-0.4, -0.2) is 92.3 Å². The molecule has 6 unspecified atom stereocenters. The van der Waals surface area contributed by atoms with Crippen LogP contribution in [0.4, 0.5) is 5.69 Å². The number of piperidine rings is 3. The van der Waals surface area contributed by atoms with E-state index in [1.807, 2.05) is 48.0 Å². The highest BCUT2D eigenvalue weighted by Gasteiger charge is 2.59. The van der Waals surface area contributed by atoms with Crippen molar-refractivity contribution in [3.05, 3.63) is 29.2 Å². The number of likely N-dealkylation sites (tertiary alicyclic amines) is 1. The van der Waals surface area contributed by atoms with Gasteiger partial charge in [-0.3, -0.25) is 4.79 Å². The van der Waals surface area contributed by atoms with Crippen LogP contribution in [0.15, 0.2) is 29.2 Å². The van der Waals surface area contributed by atoms with Crippen LogP contribution in [0, 0.1) is 34.5 Å². The van der Waals surface area contributed by atoms with Gasteiger partial charge in [0, 0.05) is 52.9 Å². The number of amides is 1. The molecule has 1 aromatic rings. The second-order valence-corrected chi connectivity index (χ2v) is 14.8. The number of anilines is 1. The monoisotopic (exact) mass is 560 g/mol. The number of fused-ring (bicyclic) bond motifs is 1. The Kier molecular flexibility index (Phi) is 7.99. The molecule has 0 spiro atoms. The molecule has 1 amide bonds. The van der Waals surface area contributed by atoms with Gasteiger partial charge in [0.15, 0.2) is 0 Å². The summed E-state index contributed by atoms with van der Waals surface area (Å²) in [6.45, 7) is 9.61. The van der Waals surface area contributed by atoms with Gasteiger partial charge in [0.25, 0.3) is 0 Å². The maximum atomic E-state index is 13.8. The molecule has 4 aliphatic rings. The van der Waals surface area contributed by atoms with Crippen LogP contribution < -0.4 is 4.90 Å². The topological polar surface area (TPSA) is 84.2 Å². The van der Waals surface area contributed by atoms with Crippen molar-refractivity contribution in [1.29, 1.82) is 0 Å². The third kappa shape index (κ3) is 5.43. The van der Waals surface area contributed by atoms with E-state index in [4.69, 9.17) is 0 Å². The number of hydrazine groups is 1. The fraction of sp³-hybridized carbons (Fsp3) is 0.759. The molecule has 10 heteroatoms. The smallest absolute Gasteiger partial charge is 0.245 e. The number of sulfonamides is 1. The van der Waals surface area contributed by atoms with Crippen LogP contribution in [0.5, 0.6) is 0 Å². The highest BCUT2D eigenvalue weighted by atomic mass is 32.2. The third-order valence-corrected chi connectivity index (χ3v) is 11.7. The molecule has 4 fully saturated rings. The first-order valence-corrected chi connectivity index (χ1v) is 16.2. The minimum Gasteiger partial charge on any atom is -0.378 e. The molecule has 4 saturated heterocycles. The summed E-state index contributed by atoms with van der Waals surface area (Å²) in [7, 11) is 0.353. The average molecular weight is 561 g/mol. The van der Waals surface area contributed by atoms with E-state index >= 15 is 0 Å². The van der Waals surface area contributed by atoms with E-state index in [-0.39, 0.29) is 23.9 Å². The number of hydrogen-bond acceptors (Lipinski definition) is 5. The Morgan fingerprint density at radius 2 is 1.49 bits per heavy atom. The summed E-state index contributed by atoms with van der Waals surface area (Å²) in [5.41, 5.74) is 0.970. The van der Waals surface area contributed by atoms with Crippen molar-refractivity contribution in [3.63, 3.8) is 0 Å². The molecule has 0 aromatic heterocycles. The summed E-state index contributed by atoms with van der Waals surface area (Å²) >= 11 is 0. The molecule has 6 atom stereocenters. The fourth-order valence-electron chi connectivity index (χ4n) is 7.79. The quantitative estimate of drug-likeness (QED) is 0.513. The molecule has 0 aliphatic carbocycles. The molecule has 0 bridgehead atoms. The van der Waals surface area contributed by atoms with Crippen molar-refractivity contribution in [2.45, 2.75) is 69.9 Å². The fourth-order valence-corrected chi connectivity index (χ4v) is 9.26. The summed E-state index contributed by atoms with van der Waals surface area (Å²) in [4.78, 5) is 32.3. The largest absolute Gasteiger partial charge is 0.378 e. The van der Waals surface area contributed by atoms with E-state index in [0.29, 0.717) is 48.2 Å². The predicted molar refractivity (Wildman–Crippen MR) is 152 cm³/mol. The Balaban J connectivity index is 1.23. The molecule has 9 nitrogen and oxygen atoms in total. The van der Waals surface area contributed by atoms with Crippen molar-refractivity contribution in [1.82, 2.24) is 14.2 Å². The number of hydrogen-bond donors (Lipinski definition) is 0. The van der Waals surface area contributed by atoms with E-state index in [9.17, 15) is 18.1 Å². The SMILES string of the molecule is CC1CC(C)CN(C(=O)C2C3CC(C4CCN(S(=O)(=O)c5ccc(N(C)C)cc5)CC4)CCN3[N+](=O)C2C)C1. The Morgan fingerprint density at radius 1 is 0.897 bits per heavy atom. The first-order chi connectivity index (χ1) is 18.5. The molecule has 4 aliphatic heterocycles. The van der Waals surface area contributed by atoms with Crippen LogP contribution in [0.1, 0.15) is 52.9 Å². The summed E-state index contributed by atoms with van der Waals surface area (Å²) in [5.74, 6) is 1.64. The predicted octanol–water partition coefficient (Wildman–Crippen LogP) is 3.45. The lowest BCUT2D eigenvalue weighted by Gasteiger charge is -2.41. The second kappa shape index (κ2) is 11.0. The van der Waals surface area contributed by atoms with Gasteiger partial charge >= 0.3 is 0 Å². The van der Waals surface area contributed by atoms with Gasteiger partial charge in [-0.1, -0.05) is 13.8 Å². The summed E-state index contributed by atoms with van der Waals surface area (Å²) in [6, 6.07) is 6.68. The summed E-state index contributed by atoms with van der Waals surface area (Å²) in [6.07, 6.45) is 4.54. The van der Waals surface area contributed by atoms with Gasteiger partial charge in [-0.25, -0.2) is 8.42 Å². The molecule has 0 saturated carbocycles. The lowest BCUT2D eigenvalue weighted by atomic mass is 9.74. The van der Waals surface area contributed by atoms with E-state index in [2.05, 4.69) is 13.8 Å². The van der Waals surface area contributed by atoms with E-state index in [1.54, 1.807) is 16.4 Å². The zero-order valence-corrected chi connectivity index (χ0v) is 25.0. The first kappa shape index (κ1) is 28.3. The molecular formula is C29H46N5O4S+. The number of nitroso groups, excluding NO2 is 1. The lowest BCUT2D eigenvalue weighted by Crippen LogP contribution is -2.51. The highest BCUT2D eigenvalue weighted by Crippen LogP contribution is 2.42. The Morgan fingerprint density at radius 3 is 2.08 bits per heavy atom. The summed E-state index contributed by atoms with van der Waals surface area (Å²) < 4.78 is 28.3. The number of carbonyl (C=O) groups excluding carboxylic acids is 1. The highest BCUT2D eigenvalue weighted by molar-refractivity contribution is 7.89. The third-order valence-electron chi connectivity index (χ3n) is 9.81. The minimum atomic E-state index is -3.52. The van der Waals surface area contributed by atoms with Gasteiger partial charge < -0.3 is 9.80 Å². The van der Waals surface area contributed by atoms with Crippen molar-refractivity contribution < 1.29 is 18.1 Å². The molecule has 216 valence electrons. The lowest BCUT2D eigenvalue weighted by molar-refractivity contribution is -0.716. The number of nitrogens with zero attached hydrogens (tertiary/aromatic N) is 5. The Labute approximate surface area is 234 Å². The van der Waals surface area contributed by atoms with Crippen LogP contribution in [0.3, 0.4) is 0 Å². The van der Waals surface area contributed by atoms with E-state index in [0.717, 1.165) is 55.8 Å². The van der Waals surface area contributed by atoms with Gasteiger partial charge in [-0.2, -0.15) is 4.31 Å². The van der Waals surface area contributed by atoms with Crippen molar-refractivity contribution in [2.24, 2.45) is 29.6 Å². The molecule has 39 heavy (non-hydrogen) atoms. The number of rotatable bonds is 5. The van der Waals surface area contributed by atoms with Crippen LogP contribution in [0.25, 0.3) is 0 Å². The molecule has 1 aromatic carbocycles. The Hall–Kier alpha value is -2.20. The van der Waals surface area contributed by atoms with Crippen LogP contribution in [0.2, 0.25) is 0 Å². The van der Waals surface area contributed by atoms with E-state index < -0.39 is 10.0 Å². The van der Waals surface area contributed by atoms with Gasteiger partial charge in [0.1, 0.15) is 16.8 Å². The minimum absolute atomic E-state index is 0.0618. The number of carbonyl (C=O) groups is 1. The van der Waals surface area contributed by atoms with Gasteiger partial charge in [-0.15, -0.1) is 5.01 Å². The Bertz CT molecular complexity index is 1150. The first-order valence-electron chi connectivity index (χ1n) is 14.8. The standard InChI is InChI=1S/C29H46N5O4S/c1-20-16-21(2)19-31(18-20)29(35)28-22(3)34(36)33-15-12-24(17-27(28)33)23-10-13-32(14-11-23)39(37,38)26-8-6-25(7-9-26)30(4)5/h6-9,20-24,27-28H,10-19H2,1-5H3/q+1. The maximum Gasteiger partial charge on any atom is 0.245 e. The average Bonchev–Trinajstić information content (AvgIpc) is 3.16. The van der Waals surface area contributed by atoms with Gasteiger partial charge in [0.2, 0.25) is 22.0 Å². The van der Waals surface area contributed by atoms with Crippen LogP contribution >= 0.6 is 0 Å². The molecular weight excluding hydrogens is 514 g/mol. The zero-order chi connectivity index (χ0) is 28.1. The van der Waals surface area contributed by atoms with Crippen LogP contribution in [-0.2, 0) is 14.8 Å². The molecule has 5 rings (SSSR count). The van der Waals surface area contributed by atoms with Crippen molar-refractivity contribution in [3.8, 4) is 0 Å². The maximum absolute atomic E-state index is 13.8. The molecule has 0 radical (unpaired) electrons. The second-order valence-electron chi connectivity index (χ2n) is 12.9. The van der Waals surface area contributed by atoms with Crippen molar-refractivity contribution >= 4 is 21.6 Å². The van der Waals surface area contributed by atoms with E-state index in [1.165, 1.54) is 0 Å². The van der Waals surface area contributed by atoms with Gasteiger partial charge in [-0.05, 0) is 80.0 Å². The normalized spacial score (nSPS) is 32.8. The van der Waals surface area contributed by atoms with Gasteiger partial charge in [0.05, 0.1) is 16.3 Å². The molecule has 4 heterocycles.